The van der Waals surface area contributed by atoms with Crippen LogP contribution < -0.4 is 4.74 Å². The van der Waals surface area contributed by atoms with E-state index in [9.17, 15) is 14.9 Å². The highest BCUT2D eigenvalue weighted by Gasteiger charge is 2.18. The number of ether oxygens (including phenoxy) is 1. The summed E-state index contributed by atoms with van der Waals surface area (Å²) in [7, 11) is 0. The van der Waals surface area contributed by atoms with Crippen LogP contribution in [-0.2, 0) is 4.79 Å². The van der Waals surface area contributed by atoms with Gasteiger partial charge in [0.2, 0.25) is 10.4 Å². The van der Waals surface area contributed by atoms with E-state index in [4.69, 9.17) is 4.74 Å². The molecule has 0 aliphatic carbocycles. The molecule has 0 atom stereocenters. The third kappa shape index (κ3) is 5.22. The smallest absolute Gasteiger partial charge is 0.407 e. The van der Waals surface area contributed by atoms with Gasteiger partial charge in [0.05, 0.1) is 0 Å². The molecule has 0 radical (unpaired) electrons. The Morgan fingerprint density at radius 1 is 1.50 bits per heavy atom. The molecule has 1 aromatic rings. The standard InChI is InChI=1S/C9H9BrN2O4.C2H6/c1-2-6(13)5-16-7-3-4-8(10)11-9(7)12(14)15;1-2/h3-4H,2,5H2,1H3;1-2H3. The summed E-state index contributed by atoms with van der Waals surface area (Å²) in [4.78, 5) is 24.7. The van der Waals surface area contributed by atoms with Crippen molar-refractivity contribution < 1.29 is 14.5 Å². The Morgan fingerprint density at radius 2 is 2.11 bits per heavy atom. The number of carbonyl (C=O) groups is 1. The molecule has 0 bridgehead atoms. The van der Waals surface area contributed by atoms with Crippen LogP contribution in [0.4, 0.5) is 5.82 Å². The predicted octanol–water partition coefficient (Wildman–Crippen LogP) is 3.14. The van der Waals surface area contributed by atoms with Crippen LogP contribution in [-0.4, -0.2) is 22.3 Å². The number of ketones is 1. The van der Waals surface area contributed by atoms with Gasteiger partial charge in [-0.3, -0.25) is 4.79 Å². The lowest BCUT2D eigenvalue weighted by molar-refractivity contribution is -0.390. The van der Waals surface area contributed by atoms with Crippen molar-refractivity contribution in [2.75, 3.05) is 6.61 Å². The molecule has 0 spiro atoms. The number of aromatic nitrogens is 1. The molecule has 0 aliphatic heterocycles. The van der Waals surface area contributed by atoms with E-state index in [2.05, 4.69) is 20.9 Å². The first-order valence-corrected chi connectivity index (χ1v) is 6.29. The monoisotopic (exact) mass is 318 g/mol. The molecule has 1 aromatic heterocycles. The van der Waals surface area contributed by atoms with Crippen molar-refractivity contribution in [1.29, 1.82) is 0 Å². The summed E-state index contributed by atoms with van der Waals surface area (Å²) in [6.45, 7) is 5.51. The topological polar surface area (TPSA) is 82.3 Å². The summed E-state index contributed by atoms with van der Waals surface area (Å²) in [6, 6.07) is 2.91. The fourth-order valence-corrected chi connectivity index (χ4v) is 1.22. The first-order valence-electron chi connectivity index (χ1n) is 5.50. The van der Waals surface area contributed by atoms with Gasteiger partial charge in [-0.25, -0.2) is 0 Å². The second-order valence-corrected chi connectivity index (χ2v) is 3.71. The SMILES string of the molecule is CC.CCC(=O)COc1ccc(Br)nc1[N+](=O)[O-]. The number of halogens is 1. The van der Waals surface area contributed by atoms with Gasteiger partial charge in [-0.2, -0.15) is 0 Å². The normalized spacial score (nSPS) is 9.11. The molecule has 0 amide bonds. The molecular weight excluding hydrogens is 304 g/mol. The quantitative estimate of drug-likeness (QED) is 0.473. The van der Waals surface area contributed by atoms with Crippen LogP contribution in [0.5, 0.6) is 5.75 Å². The molecule has 18 heavy (non-hydrogen) atoms. The third-order valence-corrected chi connectivity index (χ3v) is 2.20. The molecule has 0 saturated carbocycles. The lowest BCUT2D eigenvalue weighted by Crippen LogP contribution is -2.11. The van der Waals surface area contributed by atoms with Gasteiger partial charge in [0.25, 0.3) is 0 Å². The van der Waals surface area contributed by atoms with Gasteiger partial charge in [0.1, 0.15) is 6.61 Å². The first kappa shape index (κ1) is 16.5. The number of carbonyl (C=O) groups excluding carboxylic acids is 1. The van der Waals surface area contributed by atoms with Gasteiger partial charge >= 0.3 is 5.82 Å². The van der Waals surface area contributed by atoms with E-state index in [1.807, 2.05) is 13.8 Å². The molecule has 0 unspecified atom stereocenters. The van der Waals surface area contributed by atoms with Crippen LogP contribution in [0.1, 0.15) is 27.2 Å². The summed E-state index contributed by atoms with van der Waals surface area (Å²) in [5.41, 5.74) is 0. The number of nitro groups is 1. The van der Waals surface area contributed by atoms with E-state index in [0.717, 1.165) is 0 Å². The van der Waals surface area contributed by atoms with E-state index < -0.39 is 10.7 Å². The maximum Gasteiger partial charge on any atom is 0.407 e. The first-order chi connectivity index (χ1) is 8.54. The van der Waals surface area contributed by atoms with Crippen molar-refractivity contribution in [2.24, 2.45) is 0 Å². The Kier molecular flexibility index (Phi) is 7.86. The maximum atomic E-state index is 11.0. The van der Waals surface area contributed by atoms with Gasteiger partial charge < -0.3 is 14.9 Å². The number of Topliss-reactive ketones (excluding diaryl/α,β-unsaturated/α-hetero) is 1. The molecule has 100 valence electrons. The molecule has 0 aliphatic rings. The van der Waals surface area contributed by atoms with Crippen LogP contribution in [0, 0.1) is 10.1 Å². The molecule has 0 fully saturated rings. The van der Waals surface area contributed by atoms with Gasteiger partial charge in [-0.15, -0.1) is 0 Å². The van der Waals surface area contributed by atoms with Crippen molar-refractivity contribution in [3.63, 3.8) is 0 Å². The van der Waals surface area contributed by atoms with Crippen LogP contribution in [0.25, 0.3) is 0 Å². The minimum absolute atomic E-state index is 0.00463. The molecule has 0 saturated heterocycles. The maximum absolute atomic E-state index is 11.0. The van der Waals surface area contributed by atoms with E-state index >= 15 is 0 Å². The van der Waals surface area contributed by atoms with Crippen molar-refractivity contribution >= 4 is 27.5 Å². The third-order valence-electron chi connectivity index (χ3n) is 1.76. The minimum atomic E-state index is -0.656. The zero-order valence-electron chi connectivity index (χ0n) is 10.5. The molecule has 1 heterocycles. The highest BCUT2D eigenvalue weighted by atomic mass is 79.9. The van der Waals surface area contributed by atoms with E-state index in [-0.39, 0.29) is 18.1 Å². The fourth-order valence-electron chi connectivity index (χ4n) is 0.916. The van der Waals surface area contributed by atoms with Crippen molar-refractivity contribution in [3.8, 4) is 5.75 Å². The fraction of sp³-hybridized carbons (Fsp3) is 0.455. The Morgan fingerprint density at radius 3 is 2.61 bits per heavy atom. The zero-order chi connectivity index (χ0) is 14.1. The number of nitrogens with zero attached hydrogens (tertiary/aromatic N) is 2. The van der Waals surface area contributed by atoms with Gasteiger partial charge in [-0.1, -0.05) is 20.8 Å². The lowest BCUT2D eigenvalue weighted by Gasteiger charge is -2.04. The Bertz CT molecular complexity index is 424. The van der Waals surface area contributed by atoms with E-state index in [0.29, 0.717) is 11.0 Å². The summed E-state index contributed by atoms with van der Waals surface area (Å²) >= 11 is 3.02. The highest BCUT2D eigenvalue weighted by Crippen LogP contribution is 2.26. The van der Waals surface area contributed by atoms with Crippen molar-refractivity contribution in [2.45, 2.75) is 27.2 Å². The average Bonchev–Trinajstić information content (AvgIpc) is 2.39. The molecule has 7 heteroatoms. The minimum Gasteiger partial charge on any atom is -0.478 e. The molecule has 6 nitrogen and oxygen atoms in total. The van der Waals surface area contributed by atoms with Crippen molar-refractivity contribution in [1.82, 2.24) is 4.98 Å². The summed E-state index contributed by atoms with van der Waals surface area (Å²) in [5, 5.41) is 10.6. The second kappa shape index (κ2) is 8.57. The van der Waals surface area contributed by atoms with Gasteiger partial charge in [0.15, 0.2) is 5.78 Å². The summed E-state index contributed by atoms with van der Waals surface area (Å²) < 4.78 is 5.37. The summed E-state index contributed by atoms with van der Waals surface area (Å²) in [6.07, 6.45) is 0.331. The van der Waals surface area contributed by atoms with Gasteiger partial charge in [-0.05, 0) is 16.0 Å². The highest BCUT2D eigenvalue weighted by molar-refractivity contribution is 9.10. The lowest BCUT2D eigenvalue weighted by atomic mass is 10.3. The van der Waals surface area contributed by atoms with Crippen LogP contribution >= 0.6 is 15.9 Å². The van der Waals surface area contributed by atoms with Crippen LogP contribution in [0.3, 0.4) is 0 Å². The molecule has 1 rings (SSSR count). The Balaban J connectivity index is 0.00000137. The second-order valence-electron chi connectivity index (χ2n) is 2.89. The van der Waals surface area contributed by atoms with E-state index in [1.54, 1.807) is 6.92 Å². The number of pyridine rings is 1. The average molecular weight is 319 g/mol. The van der Waals surface area contributed by atoms with Crippen molar-refractivity contribution in [3.05, 3.63) is 26.9 Å². The number of hydrogen-bond acceptors (Lipinski definition) is 5. The van der Waals surface area contributed by atoms with Crippen LogP contribution in [0.2, 0.25) is 0 Å². The number of rotatable bonds is 5. The summed E-state index contributed by atoms with van der Waals surface area (Å²) in [5.74, 6) is -0.537. The molecule has 0 aromatic carbocycles. The molecule has 0 N–H and O–H groups in total. The number of hydrogen-bond donors (Lipinski definition) is 0. The zero-order valence-corrected chi connectivity index (χ0v) is 12.1. The Hall–Kier alpha value is -1.50. The van der Waals surface area contributed by atoms with Gasteiger partial charge in [0, 0.05) is 28.4 Å². The van der Waals surface area contributed by atoms with E-state index in [1.165, 1.54) is 12.1 Å². The largest absolute Gasteiger partial charge is 0.478 e. The predicted molar refractivity (Wildman–Crippen MR) is 70.7 cm³/mol. The van der Waals surface area contributed by atoms with Crippen LogP contribution in [0.15, 0.2) is 16.7 Å². The molecular formula is C11H15BrN2O4. The Labute approximate surface area is 114 Å².